The van der Waals surface area contributed by atoms with E-state index in [0.29, 0.717) is 0 Å². The van der Waals surface area contributed by atoms with Crippen molar-refractivity contribution in [2.24, 2.45) is 0 Å². The minimum atomic E-state index is -0.303. The van der Waals surface area contributed by atoms with Crippen molar-refractivity contribution in [1.82, 2.24) is 0 Å². The quantitative estimate of drug-likeness (QED) is 0.177. The second-order valence-corrected chi connectivity index (χ2v) is 14.3. The van der Waals surface area contributed by atoms with Crippen molar-refractivity contribution < 1.29 is 0 Å². The zero-order valence-corrected chi connectivity index (χ0v) is 28.2. The smallest absolute Gasteiger partial charge is 0.0646 e. The fourth-order valence-electron chi connectivity index (χ4n) is 6.95. The first-order valence-electron chi connectivity index (χ1n) is 16.8. The van der Waals surface area contributed by atoms with Crippen molar-refractivity contribution in [3.8, 4) is 0 Å². The zero-order valence-electron chi connectivity index (χ0n) is 28.2. The zero-order chi connectivity index (χ0) is 32.6. The molecule has 6 aromatic rings. The maximum atomic E-state index is 2.47. The molecule has 1 aliphatic rings. The summed E-state index contributed by atoms with van der Waals surface area (Å²) in [6.07, 6.45) is 6.77. The van der Waals surface area contributed by atoms with Crippen LogP contribution < -0.4 is 9.80 Å². The molecule has 47 heavy (non-hydrogen) atoms. The third-order valence-electron chi connectivity index (χ3n) is 9.65. The Hall–Kier alpha value is -5.08. The predicted molar refractivity (Wildman–Crippen MR) is 203 cm³/mol. The van der Waals surface area contributed by atoms with E-state index in [1.54, 1.807) is 0 Å². The van der Waals surface area contributed by atoms with Gasteiger partial charge in [-0.05, 0) is 126 Å². The number of hydrogen-bond acceptors (Lipinski definition) is 2. The fourth-order valence-corrected chi connectivity index (χ4v) is 6.95. The van der Waals surface area contributed by atoms with Crippen LogP contribution in [-0.2, 0) is 17.4 Å². The van der Waals surface area contributed by atoms with Crippen LogP contribution in [0.25, 0.3) is 16.8 Å². The van der Waals surface area contributed by atoms with Crippen molar-refractivity contribution in [2.45, 2.75) is 58.4 Å². The molecule has 0 bridgehead atoms. The standard InChI is InChI=1S/C45H44N2/c1-44(2,3)37-21-23-38(24-22-37)45(4,5)47(40-17-7-6-8-18-40)41-29-27-39(28-30-41)46(42-25-19-33-13-9-11-15-35(33)31-42)43-26-20-34-14-10-12-16-36(34)32-43/h6-9,11-13,15-32H,10,14H2,1-5H3. The summed E-state index contributed by atoms with van der Waals surface area (Å²) >= 11 is 0. The van der Waals surface area contributed by atoms with Gasteiger partial charge in [-0.1, -0.05) is 112 Å². The Morgan fingerprint density at radius 3 is 1.79 bits per heavy atom. The topological polar surface area (TPSA) is 6.48 Å². The molecule has 0 radical (unpaired) electrons. The molecule has 0 heterocycles. The predicted octanol–water partition coefficient (Wildman–Crippen LogP) is 12.6. The average Bonchev–Trinajstić information content (AvgIpc) is 3.09. The number of para-hydroxylation sites is 1. The average molecular weight is 613 g/mol. The summed E-state index contributed by atoms with van der Waals surface area (Å²) in [4.78, 5) is 4.86. The van der Waals surface area contributed by atoms with Crippen LogP contribution in [0.15, 0.2) is 146 Å². The highest BCUT2D eigenvalue weighted by Gasteiger charge is 2.31. The largest absolute Gasteiger partial charge is 0.332 e. The Kier molecular flexibility index (Phi) is 7.98. The fraction of sp³-hybridized carbons (Fsp3) is 0.200. The van der Waals surface area contributed by atoms with Crippen LogP contribution in [0.5, 0.6) is 0 Å². The monoisotopic (exact) mass is 612 g/mol. The molecule has 234 valence electrons. The Balaban J connectivity index is 1.32. The van der Waals surface area contributed by atoms with E-state index >= 15 is 0 Å². The van der Waals surface area contributed by atoms with Crippen LogP contribution in [0.2, 0.25) is 0 Å². The van der Waals surface area contributed by atoms with E-state index in [0.717, 1.165) is 41.3 Å². The van der Waals surface area contributed by atoms with Crippen molar-refractivity contribution in [3.63, 3.8) is 0 Å². The van der Waals surface area contributed by atoms with Crippen molar-refractivity contribution in [2.75, 3.05) is 9.80 Å². The molecule has 0 atom stereocenters. The van der Waals surface area contributed by atoms with Crippen molar-refractivity contribution in [3.05, 3.63) is 168 Å². The summed E-state index contributed by atoms with van der Waals surface area (Å²) in [5.74, 6) is 0. The lowest BCUT2D eigenvalue weighted by Gasteiger charge is -2.41. The Morgan fingerprint density at radius 2 is 1.06 bits per heavy atom. The lowest BCUT2D eigenvalue weighted by Crippen LogP contribution is -2.38. The molecule has 0 saturated heterocycles. The normalized spacial score (nSPS) is 13.0. The molecular weight excluding hydrogens is 569 g/mol. The molecule has 0 aliphatic heterocycles. The molecule has 0 saturated carbocycles. The van der Waals surface area contributed by atoms with Gasteiger partial charge in [0.05, 0.1) is 5.54 Å². The molecule has 2 heteroatoms. The van der Waals surface area contributed by atoms with Crippen molar-refractivity contribution >= 4 is 45.3 Å². The summed E-state index contributed by atoms with van der Waals surface area (Å²) < 4.78 is 0. The summed E-state index contributed by atoms with van der Waals surface area (Å²) in [6.45, 7) is 11.5. The number of hydrogen-bond donors (Lipinski definition) is 0. The maximum Gasteiger partial charge on any atom is 0.0646 e. The third-order valence-corrected chi connectivity index (χ3v) is 9.65. The molecule has 0 aromatic heterocycles. The molecule has 0 spiro atoms. The van der Waals surface area contributed by atoms with Gasteiger partial charge >= 0.3 is 0 Å². The number of rotatable bonds is 7. The Morgan fingerprint density at radius 1 is 0.489 bits per heavy atom. The van der Waals surface area contributed by atoms with Crippen LogP contribution in [0.4, 0.5) is 28.4 Å². The Bertz CT molecular complexity index is 2030. The maximum absolute atomic E-state index is 2.47. The number of benzene rings is 6. The van der Waals surface area contributed by atoms with Gasteiger partial charge in [-0.3, -0.25) is 0 Å². The number of allylic oxidation sites excluding steroid dienone is 1. The van der Waals surface area contributed by atoms with E-state index in [9.17, 15) is 0 Å². The van der Waals surface area contributed by atoms with Gasteiger partial charge in [0, 0.05) is 28.4 Å². The number of fused-ring (bicyclic) bond motifs is 2. The van der Waals surface area contributed by atoms with Gasteiger partial charge in [-0.25, -0.2) is 0 Å². The first-order valence-corrected chi connectivity index (χ1v) is 16.8. The molecule has 6 aromatic carbocycles. The summed E-state index contributed by atoms with van der Waals surface area (Å²) in [6, 6.07) is 51.4. The molecule has 1 aliphatic carbocycles. The molecular formula is C45H44N2. The van der Waals surface area contributed by atoms with E-state index in [2.05, 4.69) is 196 Å². The van der Waals surface area contributed by atoms with Gasteiger partial charge in [0.15, 0.2) is 0 Å². The summed E-state index contributed by atoms with van der Waals surface area (Å²) in [7, 11) is 0. The van der Waals surface area contributed by atoms with Gasteiger partial charge < -0.3 is 9.80 Å². The van der Waals surface area contributed by atoms with Gasteiger partial charge in [-0.15, -0.1) is 0 Å². The van der Waals surface area contributed by atoms with Gasteiger partial charge in [-0.2, -0.15) is 0 Å². The van der Waals surface area contributed by atoms with E-state index in [1.165, 1.54) is 33.0 Å². The van der Waals surface area contributed by atoms with E-state index in [-0.39, 0.29) is 11.0 Å². The molecule has 2 nitrogen and oxygen atoms in total. The van der Waals surface area contributed by atoms with Gasteiger partial charge in [0.2, 0.25) is 0 Å². The van der Waals surface area contributed by atoms with Crippen molar-refractivity contribution in [1.29, 1.82) is 0 Å². The summed E-state index contributed by atoms with van der Waals surface area (Å²) in [5.41, 5.74) is 10.9. The third kappa shape index (κ3) is 6.09. The molecule has 0 fully saturated rings. The minimum absolute atomic E-state index is 0.114. The molecule has 0 amide bonds. The second-order valence-electron chi connectivity index (χ2n) is 14.3. The van der Waals surface area contributed by atoms with Crippen LogP contribution in [-0.4, -0.2) is 0 Å². The van der Waals surface area contributed by atoms with Crippen LogP contribution in [0.3, 0.4) is 0 Å². The summed E-state index contributed by atoms with van der Waals surface area (Å²) in [5, 5.41) is 2.48. The number of anilines is 5. The Labute approximate surface area is 280 Å². The minimum Gasteiger partial charge on any atom is -0.332 e. The molecule has 7 rings (SSSR count). The highest BCUT2D eigenvalue weighted by atomic mass is 15.2. The van der Waals surface area contributed by atoms with Gasteiger partial charge in [0.25, 0.3) is 0 Å². The lowest BCUT2D eigenvalue weighted by molar-refractivity contribution is 0.533. The number of nitrogens with zero attached hydrogens (tertiary/aromatic N) is 2. The SMILES string of the molecule is CC(C)(C)c1ccc(C(C)(C)N(c2ccccc2)c2ccc(N(c3ccc4c(c3)C=CCC4)c3ccc4ccccc4c3)cc2)cc1. The first kappa shape index (κ1) is 30.6. The molecule has 0 N–H and O–H groups in total. The van der Waals surface area contributed by atoms with Crippen LogP contribution >= 0.6 is 0 Å². The van der Waals surface area contributed by atoms with Crippen LogP contribution in [0.1, 0.15) is 63.3 Å². The number of aryl methyl sites for hydroxylation is 1. The van der Waals surface area contributed by atoms with E-state index in [1.807, 2.05) is 0 Å². The lowest BCUT2D eigenvalue weighted by atomic mass is 9.84. The first-order chi connectivity index (χ1) is 22.7. The van der Waals surface area contributed by atoms with E-state index < -0.39 is 0 Å². The highest BCUT2D eigenvalue weighted by molar-refractivity contribution is 5.89. The second kappa shape index (κ2) is 12.3. The van der Waals surface area contributed by atoms with Gasteiger partial charge in [0.1, 0.15) is 0 Å². The highest BCUT2D eigenvalue weighted by Crippen LogP contribution is 2.43. The molecule has 0 unspecified atom stereocenters. The van der Waals surface area contributed by atoms with Crippen LogP contribution in [0, 0.1) is 0 Å². The van der Waals surface area contributed by atoms with E-state index in [4.69, 9.17) is 0 Å².